The SMILES string of the molecule is CCN(CC1CCCOC1)C(N)=O.[2H]C([2H])([2H])Oc1ncc(C2=CCOCC2)c2scnc12. The maximum Gasteiger partial charge on any atom is 0.314 e. The van der Waals surface area contributed by atoms with Crippen molar-refractivity contribution >= 4 is 33.2 Å². The molecule has 4 heterocycles. The van der Waals surface area contributed by atoms with Crippen LogP contribution in [0.4, 0.5) is 4.79 Å². The average Bonchev–Trinajstić information content (AvgIpc) is 3.29. The molecule has 164 valence electrons. The Bertz CT molecular complexity index is 961. The molecule has 2 aromatic rings. The first-order valence-corrected chi connectivity index (χ1v) is 11.0. The highest BCUT2D eigenvalue weighted by atomic mass is 32.1. The van der Waals surface area contributed by atoms with Crippen molar-refractivity contribution in [1.29, 1.82) is 0 Å². The Morgan fingerprint density at radius 2 is 2.33 bits per heavy atom. The third-order valence-electron chi connectivity index (χ3n) is 5.16. The molecule has 8 nitrogen and oxygen atoms in total. The Balaban J connectivity index is 0.000000205. The number of thiazole rings is 1. The average molecular weight is 438 g/mol. The first-order valence-electron chi connectivity index (χ1n) is 11.6. The van der Waals surface area contributed by atoms with Gasteiger partial charge in [-0.25, -0.2) is 14.8 Å². The van der Waals surface area contributed by atoms with Gasteiger partial charge < -0.3 is 24.8 Å². The van der Waals surface area contributed by atoms with Crippen LogP contribution < -0.4 is 10.5 Å². The van der Waals surface area contributed by atoms with Gasteiger partial charge in [0.15, 0.2) is 0 Å². The summed E-state index contributed by atoms with van der Waals surface area (Å²) in [6, 6.07) is -0.326. The molecule has 0 radical (unpaired) electrons. The first kappa shape index (κ1) is 18.5. The number of hydrogen-bond acceptors (Lipinski definition) is 7. The van der Waals surface area contributed by atoms with Crippen LogP contribution in [-0.4, -0.2) is 67.5 Å². The number of urea groups is 1. The molecule has 4 rings (SSSR count). The van der Waals surface area contributed by atoms with Crippen molar-refractivity contribution in [2.45, 2.75) is 26.2 Å². The fourth-order valence-electron chi connectivity index (χ4n) is 3.55. The summed E-state index contributed by atoms with van der Waals surface area (Å²) in [7, 11) is -2.52. The molecule has 2 aliphatic heterocycles. The number of primary amides is 1. The molecule has 1 unspecified atom stereocenters. The zero-order valence-electron chi connectivity index (χ0n) is 20.1. The zero-order valence-corrected chi connectivity index (χ0v) is 18.0. The minimum absolute atomic E-state index is 0.0534. The molecule has 0 spiro atoms. The van der Waals surface area contributed by atoms with Gasteiger partial charge in [-0.05, 0) is 31.8 Å². The molecule has 0 bridgehead atoms. The monoisotopic (exact) mass is 437 g/mol. The van der Waals surface area contributed by atoms with E-state index in [9.17, 15) is 4.79 Å². The van der Waals surface area contributed by atoms with Gasteiger partial charge in [-0.15, -0.1) is 11.3 Å². The molecule has 1 saturated heterocycles. The predicted molar refractivity (Wildman–Crippen MR) is 118 cm³/mol. The number of fused-ring (bicyclic) bond motifs is 1. The first-order chi connectivity index (χ1) is 15.8. The fourth-order valence-corrected chi connectivity index (χ4v) is 4.37. The molecule has 2 amide bonds. The van der Waals surface area contributed by atoms with Gasteiger partial charge in [-0.1, -0.05) is 6.08 Å². The summed E-state index contributed by atoms with van der Waals surface area (Å²) in [5.74, 6) is 0.527. The molecule has 1 fully saturated rings. The van der Waals surface area contributed by atoms with Crippen LogP contribution in [0, 0.1) is 5.92 Å². The highest BCUT2D eigenvalue weighted by Gasteiger charge is 2.18. The van der Waals surface area contributed by atoms with Crippen LogP contribution in [0.5, 0.6) is 5.88 Å². The molecule has 30 heavy (non-hydrogen) atoms. The lowest BCUT2D eigenvalue weighted by molar-refractivity contribution is 0.0443. The molecule has 0 aromatic carbocycles. The van der Waals surface area contributed by atoms with E-state index in [-0.39, 0.29) is 11.9 Å². The van der Waals surface area contributed by atoms with Crippen molar-refractivity contribution in [3.8, 4) is 5.88 Å². The van der Waals surface area contributed by atoms with Crippen LogP contribution in [0.15, 0.2) is 17.8 Å². The minimum Gasteiger partial charge on any atom is -0.479 e. The number of carbonyl (C=O) groups excluding carboxylic acids is 1. The lowest BCUT2D eigenvalue weighted by atomic mass is 10.0. The number of ether oxygens (including phenoxy) is 3. The Kier molecular flexibility index (Phi) is 6.94. The summed E-state index contributed by atoms with van der Waals surface area (Å²) in [5, 5.41) is 0. The van der Waals surface area contributed by atoms with E-state index in [1.165, 1.54) is 11.3 Å². The van der Waals surface area contributed by atoms with Crippen LogP contribution in [-0.2, 0) is 9.47 Å². The number of nitrogens with zero attached hydrogens (tertiary/aromatic N) is 3. The summed E-state index contributed by atoms with van der Waals surface area (Å²) in [5.41, 5.74) is 9.50. The van der Waals surface area contributed by atoms with Gasteiger partial charge >= 0.3 is 6.03 Å². The fraction of sp³-hybridized carbons (Fsp3) is 0.571. The molecule has 2 aliphatic rings. The van der Waals surface area contributed by atoms with E-state index in [1.54, 1.807) is 16.6 Å². The van der Waals surface area contributed by atoms with E-state index in [4.69, 9.17) is 24.1 Å². The van der Waals surface area contributed by atoms with Gasteiger partial charge in [-0.2, -0.15) is 0 Å². The third-order valence-corrected chi connectivity index (χ3v) is 6.02. The van der Waals surface area contributed by atoms with Crippen LogP contribution >= 0.6 is 11.3 Å². The zero-order chi connectivity index (χ0) is 23.8. The van der Waals surface area contributed by atoms with Crippen LogP contribution in [0.3, 0.4) is 0 Å². The second-order valence-corrected chi connectivity index (χ2v) is 7.98. The van der Waals surface area contributed by atoms with E-state index < -0.39 is 7.04 Å². The van der Waals surface area contributed by atoms with Gasteiger partial charge in [0.25, 0.3) is 0 Å². The normalized spacial score (nSPS) is 20.8. The van der Waals surface area contributed by atoms with Gasteiger partial charge in [-0.3, -0.25) is 0 Å². The lowest BCUT2D eigenvalue weighted by Gasteiger charge is -2.27. The number of carbonyl (C=O) groups is 1. The van der Waals surface area contributed by atoms with E-state index in [0.717, 1.165) is 54.9 Å². The van der Waals surface area contributed by atoms with Crippen molar-refractivity contribution in [2.24, 2.45) is 11.7 Å². The summed E-state index contributed by atoms with van der Waals surface area (Å²) in [6.45, 7) is 6.26. The van der Waals surface area contributed by atoms with E-state index >= 15 is 0 Å². The van der Waals surface area contributed by atoms with E-state index in [0.29, 0.717) is 31.2 Å². The number of hydrogen-bond donors (Lipinski definition) is 1. The molecular formula is C21H30N4O4S. The molecule has 2 N–H and O–H groups in total. The van der Waals surface area contributed by atoms with E-state index in [2.05, 4.69) is 9.97 Å². The summed E-state index contributed by atoms with van der Waals surface area (Å²) < 4.78 is 37.9. The van der Waals surface area contributed by atoms with Crippen LogP contribution in [0.25, 0.3) is 15.8 Å². The Morgan fingerprint density at radius 1 is 1.43 bits per heavy atom. The highest BCUT2D eigenvalue weighted by molar-refractivity contribution is 7.17. The number of pyridine rings is 1. The second-order valence-electron chi connectivity index (χ2n) is 7.12. The largest absolute Gasteiger partial charge is 0.479 e. The molecule has 0 saturated carbocycles. The maximum absolute atomic E-state index is 10.9. The van der Waals surface area contributed by atoms with Crippen molar-refractivity contribution < 1.29 is 23.1 Å². The van der Waals surface area contributed by atoms with Gasteiger partial charge in [0.2, 0.25) is 5.88 Å². The van der Waals surface area contributed by atoms with E-state index in [1.807, 2.05) is 13.0 Å². The maximum atomic E-state index is 10.9. The quantitative estimate of drug-likeness (QED) is 0.770. The van der Waals surface area contributed by atoms with Gasteiger partial charge in [0.05, 0.1) is 41.2 Å². The topological polar surface area (TPSA) is 99.8 Å². The predicted octanol–water partition coefficient (Wildman–Crippen LogP) is 3.32. The molecule has 2 aromatic heterocycles. The smallest absolute Gasteiger partial charge is 0.314 e. The summed E-state index contributed by atoms with van der Waals surface area (Å²) in [4.78, 5) is 20.9. The lowest BCUT2D eigenvalue weighted by Crippen LogP contribution is -2.40. The summed E-state index contributed by atoms with van der Waals surface area (Å²) >= 11 is 1.45. The van der Waals surface area contributed by atoms with Crippen molar-refractivity contribution in [3.63, 3.8) is 0 Å². The number of methoxy groups -OCH3 is 1. The number of nitrogens with two attached hydrogens (primary N) is 1. The molecule has 9 heteroatoms. The van der Waals surface area contributed by atoms with Crippen LogP contribution in [0.1, 0.15) is 35.9 Å². The van der Waals surface area contributed by atoms with Gasteiger partial charge in [0, 0.05) is 37.4 Å². The highest BCUT2D eigenvalue weighted by Crippen LogP contribution is 2.34. The van der Waals surface area contributed by atoms with Crippen molar-refractivity contribution in [1.82, 2.24) is 14.9 Å². The second kappa shape index (κ2) is 11.2. The molecule has 0 aliphatic carbocycles. The third kappa shape index (κ3) is 5.68. The van der Waals surface area contributed by atoms with Crippen molar-refractivity contribution in [2.75, 3.05) is 46.6 Å². The number of rotatable bonds is 5. The van der Waals surface area contributed by atoms with Crippen molar-refractivity contribution in [3.05, 3.63) is 23.3 Å². The minimum atomic E-state index is -2.52. The van der Waals surface area contributed by atoms with Gasteiger partial charge in [0.1, 0.15) is 5.52 Å². The summed E-state index contributed by atoms with van der Waals surface area (Å²) in [6.07, 6.45) is 6.72. The Hall–Kier alpha value is -2.23. The Morgan fingerprint density at radius 3 is 3.00 bits per heavy atom. The standard InChI is InChI=1S/C12H12N2O2S.C9H18N2O2/c1-15-12-10-11(17-7-14-10)9(6-13-12)8-2-4-16-5-3-8;1-2-11(9(10)12)6-8-4-3-5-13-7-8/h2,6-7H,3-5H2,1H3;8H,2-7H2,1H3,(H2,10,12)/i1D3;. The van der Waals surface area contributed by atoms with Crippen LogP contribution in [0.2, 0.25) is 0 Å². The Labute approximate surface area is 185 Å². The number of aromatic nitrogens is 2. The number of amides is 2. The molecular weight excluding hydrogens is 404 g/mol. The molecule has 1 atom stereocenters.